The Morgan fingerprint density at radius 3 is 2.67 bits per heavy atom. The molecular formula is C12H17ClN2O3. The number of ether oxygens (including phenoxy) is 1. The summed E-state index contributed by atoms with van der Waals surface area (Å²) in [4.78, 5) is 22.7. The van der Waals surface area contributed by atoms with Gasteiger partial charge < -0.3 is 15.4 Å². The zero-order valence-corrected chi connectivity index (χ0v) is 11.2. The first-order valence-electron chi connectivity index (χ1n) is 5.30. The molecule has 0 saturated heterocycles. The lowest BCUT2D eigenvalue weighted by atomic mass is 10.2. The van der Waals surface area contributed by atoms with E-state index >= 15 is 0 Å². The fraction of sp³-hybridized carbons (Fsp3) is 0.333. The summed E-state index contributed by atoms with van der Waals surface area (Å²) in [5.74, 6) is -0.516. The van der Waals surface area contributed by atoms with Crippen LogP contribution in [0.3, 0.4) is 0 Å². The molecule has 100 valence electrons. The van der Waals surface area contributed by atoms with E-state index in [1.54, 1.807) is 31.3 Å². The highest BCUT2D eigenvalue weighted by molar-refractivity contribution is 5.94. The average molecular weight is 273 g/mol. The first-order valence-corrected chi connectivity index (χ1v) is 5.30. The van der Waals surface area contributed by atoms with Crippen molar-refractivity contribution in [2.75, 3.05) is 26.0 Å². The van der Waals surface area contributed by atoms with Gasteiger partial charge >= 0.3 is 5.97 Å². The predicted molar refractivity (Wildman–Crippen MR) is 72.2 cm³/mol. The molecule has 0 aromatic heterocycles. The van der Waals surface area contributed by atoms with Gasteiger partial charge in [0.2, 0.25) is 5.91 Å². The zero-order chi connectivity index (χ0) is 12.7. The lowest BCUT2D eigenvalue weighted by Crippen LogP contribution is -2.18. The number of amides is 1. The van der Waals surface area contributed by atoms with Crippen LogP contribution < -0.4 is 10.6 Å². The molecule has 1 aromatic carbocycles. The van der Waals surface area contributed by atoms with Crippen molar-refractivity contribution in [1.29, 1.82) is 0 Å². The third-order valence-electron chi connectivity index (χ3n) is 2.17. The van der Waals surface area contributed by atoms with Crippen LogP contribution in [0, 0.1) is 0 Å². The van der Waals surface area contributed by atoms with Crippen LogP contribution in [0.15, 0.2) is 24.3 Å². The van der Waals surface area contributed by atoms with E-state index in [2.05, 4.69) is 15.4 Å². The number of hydrogen-bond donors (Lipinski definition) is 2. The van der Waals surface area contributed by atoms with Crippen LogP contribution in [0.4, 0.5) is 5.69 Å². The Labute approximate surface area is 112 Å². The maximum atomic E-state index is 11.5. The predicted octanol–water partition coefficient (Wildman–Crippen LogP) is 1.44. The van der Waals surface area contributed by atoms with E-state index < -0.39 is 5.97 Å². The van der Waals surface area contributed by atoms with Crippen molar-refractivity contribution in [2.45, 2.75) is 6.42 Å². The van der Waals surface area contributed by atoms with Crippen molar-refractivity contribution in [3.05, 3.63) is 29.8 Å². The number of benzene rings is 1. The molecule has 18 heavy (non-hydrogen) atoms. The van der Waals surface area contributed by atoms with Gasteiger partial charge in [0.25, 0.3) is 0 Å². The van der Waals surface area contributed by atoms with E-state index in [1.807, 2.05) is 0 Å². The molecule has 0 aliphatic rings. The summed E-state index contributed by atoms with van der Waals surface area (Å²) in [6, 6.07) is 6.64. The van der Waals surface area contributed by atoms with Gasteiger partial charge in [-0.05, 0) is 25.2 Å². The number of carbonyl (C=O) groups excluding carboxylic acids is 2. The Kier molecular flexibility index (Phi) is 7.74. The number of nitrogens with one attached hydrogen (secondary N) is 2. The van der Waals surface area contributed by atoms with Crippen LogP contribution in [-0.4, -0.2) is 32.6 Å². The molecule has 1 rings (SSSR count). The number of hydrogen-bond acceptors (Lipinski definition) is 4. The molecule has 0 unspecified atom stereocenters. The molecule has 2 N–H and O–H groups in total. The van der Waals surface area contributed by atoms with Gasteiger partial charge in [-0.1, -0.05) is 6.07 Å². The van der Waals surface area contributed by atoms with Gasteiger partial charge in [0, 0.05) is 18.7 Å². The molecule has 0 radical (unpaired) electrons. The summed E-state index contributed by atoms with van der Waals surface area (Å²) >= 11 is 0. The summed E-state index contributed by atoms with van der Waals surface area (Å²) in [5, 5.41) is 5.60. The summed E-state index contributed by atoms with van der Waals surface area (Å²) in [6.45, 7) is 0.614. The molecular weight excluding hydrogens is 256 g/mol. The van der Waals surface area contributed by atoms with Gasteiger partial charge in [-0.3, -0.25) is 4.79 Å². The molecule has 0 atom stereocenters. The normalized spacial score (nSPS) is 9.22. The number of anilines is 1. The van der Waals surface area contributed by atoms with Gasteiger partial charge in [-0.15, -0.1) is 12.4 Å². The molecule has 0 aliphatic carbocycles. The molecule has 0 aliphatic heterocycles. The van der Waals surface area contributed by atoms with Crippen molar-refractivity contribution in [1.82, 2.24) is 5.32 Å². The van der Waals surface area contributed by atoms with Crippen LogP contribution in [0.5, 0.6) is 0 Å². The summed E-state index contributed by atoms with van der Waals surface area (Å²) in [7, 11) is 3.10. The molecule has 0 fully saturated rings. The molecule has 1 amide bonds. The molecule has 0 bridgehead atoms. The first-order chi connectivity index (χ1) is 8.17. The number of carbonyl (C=O) groups is 2. The Morgan fingerprint density at radius 2 is 2.06 bits per heavy atom. The third kappa shape index (κ3) is 5.16. The SMILES string of the molecule is CNCCC(=O)Nc1cccc(C(=O)OC)c1.Cl. The van der Waals surface area contributed by atoms with Gasteiger partial charge in [0.1, 0.15) is 0 Å². The van der Waals surface area contributed by atoms with E-state index in [9.17, 15) is 9.59 Å². The third-order valence-corrected chi connectivity index (χ3v) is 2.17. The van der Waals surface area contributed by atoms with E-state index in [1.165, 1.54) is 7.11 Å². The fourth-order valence-corrected chi connectivity index (χ4v) is 1.30. The number of methoxy groups -OCH3 is 1. The molecule has 0 spiro atoms. The van der Waals surface area contributed by atoms with Gasteiger partial charge in [0.15, 0.2) is 0 Å². The van der Waals surface area contributed by atoms with Crippen LogP contribution >= 0.6 is 12.4 Å². The van der Waals surface area contributed by atoms with Gasteiger partial charge in [0.05, 0.1) is 12.7 Å². The maximum Gasteiger partial charge on any atom is 0.337 e. The molecule has 6 heteroatoms. The lowest BCUT2D eigenvalue weighted by Gasteiger charge is -2.06. The Bertz CT molecular complexity index is 410. The highest BCUT2D eigenvalue weighted by Crippen LogP contribution is 2.11. The minimum absolute atomic E-state index is 0. The molecule has 0 heterocycles. The topological polar surface area (TPSA) is 67.4 Å². The number of halogens is 1. The van der Waals surface area contributed by atoms with Gasteiger partial charge in [-0.25, -0.2) is 4.79 Å². The van der Waals surface area contributed by atoms with E-state index in [0.29, 0.717) is 24.2 Å². The number of esters is 1. The van der Waals surface area contributed by atoms with Crippen molar-refractivity contribution >= 4 is 30.0 Å². The quantitative estimate of drug-likeness (QED) is 0.796. The smallest absolute Gasteiger partial charge is 0.337 e. The monoisotopic (exact) mass is 272 g/mol. The Morgan fingerprint density at radius 1 is 1.33 bits per heavy atom. The van der Waals surface area contributed by atoms with Crippen molar-refractivity contribution in [3.8, 4) is 0 Å². The molecule has 1 aromatic rings. The van der Waals surface area contributed by atoms with Crippen LogP contribution in [0.2, 0.25) is 0 Å². The second-order valence-corrected chi connectivity index (χ2v) is 3.47. The number of rotatable bonds is 5. The Hall–Kier alpha value is -1.59. The summed E-state index contributed by atoms with van der Waals surface area (Å²) in [5.41, 5.74) is 1.01. The van der Waals surface area contributed by atoms with Crippen molar-refractivity contribution < 1.29 is 14.3 Å². The Balaban J connectivity index is 0.00000289. The first kappa shape index (κ1) is 16.4. The van der Waals surface area contributed by atoms with Crippen molar-refractivity contribution in [2.24, 2.45) is 0 Å². The van der Waals surface area contributed by atoms with Crippen LogP contribution in [0.1, 0.15) is 16.8 Å². The van der Waals surface area contributed by atoms with Crippen LogP contribution in [0.25, 0.3) is 0 Å². The highest BCUT2D eigenvalue weighted by Gasteiger charge is 2.07. The van der Waals surface area contributed by atoms with E-state index in [4.69, 9.17) is 0 Å². The fourth-order valence-electron chi connectivity index (χ4n) is 1.30. The van der Waals surface area contributed by atoms with E-state index in [0.717, 1.165) is 0 Å². The second kappa shape index (κ2) is 8.49. The lowest BCUT2D eigenvalue weighted by molar-refractivity contribution is -0.116. The zero-order valence-electron chi connectivity index (χ0n) is 10.4. The summed E-state index contributed by atoms with van der Waals surface area (Å²) < 4.78 is 4.60. The van der Waals surface area contributed by atoms with E-state index in [-0.39, 0.29) is 18.3 Å². The largest absolute Gasteiger partial charge is 0.465 e. The minimum Gasteiger partial charge on any atom is -0.465 e. The van der Waals surface area contributed by atoms with Gasteiger partial charge in [-0.2, -0.15) is 0 Å². The average Bonchev–Trinajstić information content (AvgIpc) is 2.35. The second-order valence-electron chi connectivity index (χ2n) is 3.47. The maximum absolute atomic E-state index is 11.5. The molecule has 5 nitrogen and oxygen atoms in total. The highest BCUT2D eigenvalue weighted by atomic mass is 35.5. The molecule has 0 saturated carbocycles. The van der Waals surface area contributed by atoms with Crippen LogP contribution in [-0.2, 0) is 9.53 Å². The summed E-state index contributed by atoms with van der Waals surface area (Å²) in [6.07, 6.45) is 0.388. The standard InChI is InChI=1S/C12H16N2O3.ClH/c1-13-7-6-11(15)14-10-5-3-4-9(8-10)12(16)17-2;/h3-5,8,13H,6-7H2,1-2H3,(H,14,15);1H. The minimum atomic E-state index is -0.420. The van der Waals surface area contributed by atoms with Crippen molar-refractivity contribution in [3.63, 3.8) is 0 Å².